The number of aromatic nitrogens is 1. The zero-order valence-corrected chi connectivity index (χ0v) is 26.1. The van der Waals surface area contributed by atoms with E-state index in [0.29, 0.717) is 30.0 Å². The molecule has 4 aliphatic rings. The summed E-state index contributed by atoms with van der Waals surface area (Å²) in [6.07, 6.45) is 0.716. The molecule has 1 saturated heterocycles. The topological polar surface area (TPSA) is 155 Å². The molecule has 2 aliphatic heterocycles. The third-order valence-corrected chi connectivity index (χ3v) is 12.0. The molecule has 2 bridgehead atoms. The maximum Gasteiger partial charge on any atom is 0.338 e. The average molecular weight is 650 g/mol. The van der Waals surface area contributed by atoms with Crippen molar-refractivity contribution in [2.24, 2.45) is 29.6 Å². The van der Waals surface area contributed by atoms with Crippen molar-refractivity contribution in [3.05, 3.63) is 68.1 Å². The Balaban J connectivity index is 1.13. The summed E-state index contributed by atoms with van der Waals surface area (Å²) in [7, 11) is 0. The molecule has 11 nitrogen and oxygen atoms in total. The Bertz CT molecular complexity index is 1770. The maximum atomic E-state index is 13.9. The van der Waals surface area contributed by atoms with E-state index in [1.165, 1.54) is 12.1 Å². The van der Waals surface area contributed by atoms with Crippen LogP contribution in [0.4, 0.5) is 5.69 Å². The standard InChI is InChI=1S/C32H31N3O8S2/c1-3-42-20-11-15(7-10-19(20)36)22-23-17-12-18(26(23)44-28-27(22)45-32(41)34-28)25-24(17)29(38)35(30(25)39)13-21(37)33-16-8-5-14(6-9-16)31(40)43-4-2/h5-11,17-18,22-26,36H,3-4,12-13H2,1-2H3,(H,33,37)(H,34,41). The van der Waals surface area contributed by atoms with Gasteiger partial charge in [0.1, 0.15) is 6.54 Å². The molecule has 1 aromatic heterocycles. The van der Waals surface area contributed by atoms with Gasteiger partial charge in [0.25, 0.3) is 0 Å². The molecule has 3 heterocycles. The predicted molar refractivity (Wildman–Crippen MR) is 166 cm³/mol. The van der Waals surface area contributed by atoms with Gasteiger partial charge in [0.05, 0.1) is 35.6 Å². The molecule has 2 saturated carbocycles. The summed E-state index contributed by atoms with van der Waals surface area (Å²) in [5, 5.41) is 13.9. The van der Waals surface area contributed by atoms with E-state index in [9.17, 15) is 29.1 Å². The predicted octanol–water partition coefficient (Wildman–Crippen LogP) is 3.83. The number of imide groups is 1. The van der Waals surface area contributed by atoms with Crippen LogP contribution in [-0.2, 0) is 19.1 Å². The van der Waals surface area contributed by atoms with Crippen molar-refractivity contribution in [1.82, 2.24) is 9.88 Å². The number of thioether (sulfide) groups is 1. The molecule has 13 heteroatoms. The number of nitrogens with zero attached hydrogens (tertiary/aromatic N) is 1. The molecule has 3 fully saturated rings. The van der Waals surface area contributed by atoms with Gasteiger partial charge in [-0.05, 0) is 80.0 Å². The molecule has 234 valence electrons. The highest BCUT2D eigenvalue weighted by atomic mass is 32.2. The van der Waals surface area contributed by atoms with E-state index in [-0.39, 0.29) is 58.0 Å². The minimum Gasteiger partial charge on any atom is -0.504 e. The lowest BCUT2D eigenvalue weighted by Gasteiger charge is -2.43. The maximum absolute atomic E-state index is 13.9. The SMILES string of the molecule is CCOC(=O)c1ccc(NC(=O)CN2C(=O)C3C4CC(C3C2=O)C2C(c3ccc(O)c(OCC)c3)c3sc(=O)[nH]c3SC42)cc1. The number of hydrogen-bond donors (Lipinski definition) is 3. The van der Waals surface area contributed by atoms with E-state index in [2.05, 4.69) is 10.3 Å². The number of rotatable bonds is 8. The monoisotopic (exact) mass is 649 g/mol. The van der Waals surface area contributed by atoms with Crippen LogP contribution in [0.3, 0.4) is 0 Å². The van der Waals surface area contributed by atoms with Gasteiger partial charge in [-0.15, -0.1) is 11.8 Å². The number of esters is 1. The fraction of sp³-hybridized carbons (Fsp3) is 0.406. The lowest BCUT2D eigenvalue weighted by Crippen LogP contribution is -2.42. The number of H-pyrrole nitrogens is 1. The van der Waals surface area contributed by atoms with Crippen LogP contribution in [0.15, 0.2) is 52.3 Å². The second-order valence-electron chi connectivity index (χ2n) is 11.7. The van der Waals surface area contributed by atoms with E-state index in [1.54, 1.807) is 36.9 Å². The number of fused-ring (bicyclic) bond motifs is 9. The zero-order valence-electron chi connectivity index (χ0n) is 24.5. The Morgan fingerprint density at radius 2 is 1.76 bits per heavy atom. The second kappa shape index (κ2) is 11.4. The van der Waals surface area contributed by atoms with Gasteiger partial charge in [0.15, 0.2) is 11.5 Å². The summed E-state index contributed by atoms with van der Waals surface area (Å²) in [5.41, 5.74) is 1.66. The first kappa shape index (κ1) is 29.6. The summed E-state index contributed by atoms with van der Waals surface area (Å²) < 4.78 is 10.7. The molecule has 0 radical (unpaired) electrons. The van der Waals surface area contributed by atoms with Crippen molar-refractivity contribution in [3.63, 3.8) is 0 Å². The van der Waals surface area contributed by atoms with Crippen molar-refractivity contribution in [1.29, 1.82) is 0 Å². The number of likely N-dealkylation sites (tertiary alicyclic amines) is 1. The molecular formula is C32H31N3O8S2. The van der Waals surface area contributed by atoms with Crippen LogP contribution in [0.25, 0.3) is 0 Å². The first-order chi connectivity index (χ1) is 21.7. The van der Waals surface area contributed by atoms with E-state index in [1.807, 2.05) is 19.1 Å². The van der Waals surface area contributed by atoms with Crippen molar-refractivity contribution < 1.29 is 33.8 Å². The molecule has 0 spiro atoms. The van der Waals surface area contributed by atoms with Crippen molar-refractivity contribution in [3.8, 4) is 11.5 Å². The lowest BCUT2D eigenvalue weighted by atomic mass is 9.68. The molecule has 3 N–H and O–H groups in total. The molecule has 2 aliphatic carbocycles. The number of aromatic amines is 1. The number of carbonyl (C=O) groups excluding carboxylic acids is 4. The molecular weight excluding hydrogens is 618 g/mol. The van der Waals surface area contributed by atoms with Crippen LogP contribution in [0.2, 0.25) is 0 Å². The Morgan fingerprint density at radius 1 is 1.02 bits per heavy atom. The minimum atomic E-state index is -0.538. The number of amides is 3. The van der Waals surface area contributed by atoms with Crippen molar-refractivity contribution in [2.75, 3.05) is 25.1 Å². The van der Waals surface area contributed by atoms with Gasteiger partial charge >= 0.3 is 10.8 Å². The van der Waals surface area contributed by atoms with Crippen LogP contribution in [0.5, 0.6) is 11.5 Å². The van der Waals surface area contributed by atoms with Gasteiger partial charge < -0.3 is 24.9 Å². The van der Waals surface area contributed by atoms with Crippen LogP contribution in [0, 0.1) is 29.6 Å². The minimum absolute atomic E-state index is 0.00761. The molecule has 7 atom stereocenters. The van der Waals surface area contributed by atoms with Gasteiger partial charge in [-0.3, -0.25) is 24.1 Å². The van der Waals surface area contributed by atoms with E-state index in [0.717, 1.165) is 31.7 Å². The van der Waals surface area contributed by atoms with Crippen LogP contribution in [-0.4, -0.2) is 63.7 Å². The van der Waals surface area contributed by atoms with Crippen LogP contribution >= 0.6 is 23.1 Å². The summed E-state index contributed by atoms with van der Waals surface area (Å²) in [6.45, 7) is 3.78. The van der Waals surface area contributed by atoms with Crippen LogP contribution < -0.4 is 14.9 Å². The second-order valence-corrected chi connectivity index (χ2v) is 13.9. The Hall–Kier alpha value is -4.10. The number of nitrogens with one attached hydrogen (secondary N) is 2. The zero-order chi connectivity index (χ0) is 31.6. The van der Waals surface area contributed by atoms with E-state index >= 15 is 0 Å². The van der Waals surface area contributed by atoms with Gasteiger partial charge in [0.2, 0.25) is 17.7 Å². The van der Waals surface area contributed by atoms with Crippen LogP contribution in [0.1, 0.15) is 47.0 Å². The first-order valence-corrected chi connectivity index (χ1v) is 16.7. The normalized spacial score (nSPS) is 27.6. The quantitative estimate of drug-likeness (QED) is 0.244. The fourth-order valence-electron chi connectivity index (χ4n) is 7.85. The molecule has 3 aromatic rings. The number of thiazole rings is 1. The summed E-state index contributed by atoms with van der Waals surface area (Å²) in [5.74, 6) is -2.75. The smallest absolute Gasteiger partial charge is 0.338 e. The Labute approximate surface area is 266 Å². The average Bonchev–Trinajstić information content (AvgIpc) is 3.75. The van der Waals surface area contributed by atoms with E-state index in [4.69, 9.17) is 9.47 Å². The van der Waals surface area contributed by atoms with Gasteiger partial charge in [-0.2, -0.15) is 0 Å². The number of phenols is 1. The fourth-order valence-corrected chi connectivity index (χ4v) is 10.7. The van der Waals surface area contributed by atoms with Crippen molar-refractivity contribution >= 4 is 52.5 Å². The van der Waals surface area contributed by atoms with E-state index < -0.39 is 30.3 Å². The summed E-state index contributed by atoms with van der Waals surface area (Å²) in [4.78, 5) is 69.9. The molecule has 3 amide bonds. The highest BCUT2D eigenvalue weighted by Gasteiger charge is 2.69. The third kappa shape index (κ3) is 4.83. The molecule has 2 aromatic carbocycles. The van der Waals surface area contributed by atoms with Crippen molar-refractivity contribution in [2.45, 2.75) is 36.5 Å². The number of benzene rings is 2. The largest absolute Gasteiger partial charge is 0.504 e. The Morgan fingerprint density at radius 3 is 2.47 bits per heavy atom. The van der Waals surface area contributed by atoms with Gasteiger partial charge in [-0.1, -0.05) is 17.4 Å². The van der Waals surface area contributed by atoms with Gasteiger partial charge in [-0.25, -0.2) is 4.79 Å². The number of hydrogen-bond acceptors (Lipinski definition) is 10. The highest BCUT2D eigenvalue weighted by molar-refractivity contribution is 8.00. The number of carbonyl (C=O) groups is 4. The molecule has 7 unspecified atom stereocenters. The first-order valence-electron chi connectivity index (χ1n) is 15.0. The number of aromatic hydroxyl groups is 1. The highest BCUT2D eigenvalue weighted by Crippen LogP contribution is 2.68. The number of ether oxygens (including phenoxy) is 2. The summed E-state index contributed by atoms with van der Waals surface area (Å²) >= 11 is 2.74. The molecule has 7 rings (SSSR count). The number of anilines is 1. The Kier molecular flexibility index (Phi) is 7.47. The summed E-state index contributed by atoms with van der Waals surface area (Å²) in [6, 6.07) is 11.5. The molecule has 45 heavy (non-hydrogen) atoms. The lowest BCUT2D eigenvalue weighted by molar-refractivity contribution is -0.143. The third-order valence-electron chi connectivity index (χ3n) is 9.44. The van der Waals surface area contributed by atoms with Gasteiger partial charge in [0, 0.05) is 21.7 Å². The number of phenolic OH excluding ortho intramolecular Hbond substituents is 1.